The molecule has 0 unspecified atom stereocenters. The summed E-state index contributed by atoms with van der Waals surface area (Å²) in [6, 6.07) is 18.0. The van der Waals surface area contributed by atoms with Gasteiger partial charge >= 0.3 is 0 Å². The van der Waals surface area contributed by atoms with Crippen LogP contribution in [0.25, 0.3) is 0 Å². The van der Waals surface area contributed by atoms with E-state index >= 15 is 0 Å². The monoisotopic (exact) mass is 326 g/mol. The maximum Gasteiger partial charge on any atom is 0.127 e. The molecule has 3 heteroatoms. The molecule has 0 saturated carbocycles. The van der Waals surface area contributed by atoms with Gasteiger partial charge in [0, 0.05) is 18.8 Å². The summed E-state index contributed by atoms with van der Waals surface area (Å²) >= 11 is 0. The Balaban J connectivity index is 1.57. The Kier molecular flexibility index (Phi) is 8.81. The topological polar surface area (TPSA) is 33.3 Å². The van der Waals surface area contributed by atoms with Gasteiger partial charge in [-0.25, -0.2) is 0 Å². The van der Waals surface area contributed by atoms with Gasteiger partial charge in [-0.05, 0) is 49.4 Å². The van der Waals surface area contributed by atoms with Crippen LogP contribution in [0.3, 0.4) is 0 Å². The summed E-state index contributed by atoms with van der Waals surface area (Å²) in [6.45, 7) is 5.31. The van der Waals surface area contributed by atoms with Crippen molar-refractivity contribution in [1.82, 2.24) is 5.32 Å². The van der Waals surface area contributed by atoms with E-state index < -0.39 is 0 Å². The minimum absolute atomic E-state index is 0.858. The lowest BCUT2D eigenvalue weighted by atomic mass is 10.1. The van der Waals surface area contributed by atoms with Crippen LogP contribution in [0.2, 0.25) is 0 Å². The summed E-state index contributed by atoms with van der Waals surface area (Å²) in [7, 11) is 0. The third-order valence-electron chi connectivity index (χ3n) is 3.92. The van der Waals surface area contributed by atoms with Crippen molar-refractivity contribution in [2.75, 3.05) is 25.0 Å². The van der Waals surface area contributed by atoms with Crippen LogP contribution in [-0.4, -0.2) is 19.6 Å². The SMILES string of the molecule is CCCCCCCNCCNc1ccc(Oc2ccccc2)cc1. The van der Waals surface area contributed by atoms with Crippen molar-refractivity contribution in [2.45, 2.75) is 39.0 Å². The predicted octanol–water partition coefficient (Wildman–Crippen LogP) is 5.45. The van der Waals surface area contributed by atoms with Crippen LogP contribution in [0.1, 0.15) is 39.0 Å². The van der Waals surface area contributed by atoms with Crippen LogP contribution in [0.15, 0.2) is 54.6 Å². The standard InChI is InChI=1S/C21H30N2O/c1-2-3-4-5-9-16-22-17-18-23-19-12-14-21(15-13-19)24-20-10-7-6-8-11-20/h6-8,10-15,22-23H,2-5,9,16-18H2,1H3. The van der Waals surface area contributed by atoms with E-state index in [-0.39, 0.29) is 0 Å². The third-order valence-corrected chi connectivity index (χ3v) is 3.92. The molecular formula is C21H30N2O. The second kappa shape index (κ2) is 11.5. The Morgan fingerprint density at radius 2 is 1.42 bits per heavy atom. The number of nitrogens with one attached hydrogen (secondary N) is 2. The molecule has 0 spiro atoms. The Morgan fingerprint density at radius 3 is 2.17 bits per heavy atom. The lowest BCUT2D eigenvalue weighted by Crippen LogP contribution is -2.23. The minimum Gasteiger partial charge on any atom is -0.457 e. The molecule has 0 radical (unpaired) electrons. The maximum absolute atomic E-state index is 5.79. The van der Waals surface area contributed by atoms with E-state index in [0.717, 1.165) is 36.8 Å². The molecule has 0 atom stereocenters. The van der Waals surface area contributed by atoms with E-state index in [1.54, 1.807) is 0 Å². The molecule has 0 amide bonds. The number of benzene rings is 2. The Bertz CT molecular complexity index is 540. The normalized spacial score (nSPS) is 10.5. The smallest absolute Gasteiger partial charge is 0.127 e. The molecule has 0 heterocycles. The first-order chi connectivity index (χ1) is 11.9. The second-order valence-electron chi connectivity index (χ2n) is 6.03. The van der Waals surface area contributed by atoms with Crippen LogP contribution in [0.5, 0.6) is 11.5 Å². The first-order valence-electron chi connectivity index (χ1n) is 9.16. The zero-order valence-corrected chi connectivity index (χ0v) is 14.8. The van der Waals surface area contributed by atoms with Gasteiger partial charge in [-0.15, -0.1) is 0 Å². The highest BCUT2D eigenvalue weighted by Crippen LogP contribution is 2.22. The molecule has 2 aromatic rings. The van der Waals surface area contributed by atoms with Crippen LogP contribution in [0.4, 0.5) is 5.69 Å². The number of hydrogen-bond acceptors (Lipinski definition) is 3. The van der Waals surface area contributed by atoms with E-state index in [0.29, 0.717) is 0 Å². The molecule has 0 aliphatic heterocycles. The van der Waals surface area contributed by atoms with Crippen molar-refractivity contribution < 1.29 is 4.74 Å². The van der Waals surface area contributed by atoms with Gasteiger partial charge in [-0.2, -0.15) is 0 Å². The van der Waals surface area contributed by atoms with E-state index in [1.165, 1.54) is 32.1 Å². The molecule has 130 valence electrons. The number of unbranched alkanes of at least 4 members (excludes halogenated alkanes) is 4. The number of hydrogen-bond donors (Lipinski definition) is 2. The molecule has 0 aliphatic rings. The molecular weight excluding hydrogens is 296 g/mol. The second-order valence-corrected chi connectivity index (χ2v) is 6.03. The molecule has 0 bridgehead atoms. The lowest BCUT2D eigenvalue weighted by Gasteiger charge is -2.09. The van der Waals surface area contributed by atoms with Gasteiger partial charge in [0.2, 0.25) is 0 Å². The van der Waals surface area contributed by atoms with Crippen LogP contribution < -0.4 is 15.4 Å². The Morgan fingerprint density at radius 1 is 0.708 bits per heavy atom. The van der Waals surface area contributed by atoms with Crippen molar-refractivity contribution in [3.8, 4) is 11.5 Å². The van der Waals surface area contributed by atoms with Crippen molar-refractivity contribution in [2.24, 2.45) is 0 Å². The highest BCUT2D eigenvalue weighted by atomic mass is 16.5. The number of para-hydroxylation sites is 1. The summed E-state index contributed by atoms with van der Waals surface area (Å²) in [4.78, 5) is 0. The predicted molar refractivity (Wildman–Crippen MR) is 103 cm³/mol. The molecule has 2 aromatic carbocycles. The van der Waals surface area contributed by atoms with Gasteiger partial charge in [0.25, 0.3) is 0 Å². The third kappa shape index (κ3) is 7.51. The average Bonchev–Trinajstić information content (AvgIpc) is 2.62. The van der Waals surface area contributed by atoms with Crippen LogP contribution >= 0.6 is 0 Å². The van der Waals surface area contributed by atoms with Crippen molar-refractivity contribution in [3.63, 3.8) is 0 Å². The average molecular weight is 326 g/mol. The van der Waals surface area contributed by atoms with Crippen LogP contribution in [-0.2, 0) is 0 Å². The summed E-state index contributed by atoms with van der Waals surface area (Å²) in [5.74, 6) is 1.72. The van der Waals surface area contributed by atoms with Crippen molar-refractivity contribution >= 4 is 5.69 Å². The molecule has 3 nitrogen and oxygen atoms in total. The van der Waals surface area contributed by atoms with Gasteiger partial charge in [-0.1, -0.05) is 50.8 Å². The molecule has 0 aromatic heterocycles. The van der Waals surface area contributed by atoms with E-state index in [2.05, 4.69) is 29.7 Å². The van der Waals surface area contributed by atoms with Crippen LogP contribution in [0, 0.1) is 0 Å². The van der Waals surface area contributed by atoms with Gasteiger partial charge in [0.1, 0.15) is 11.5 Å². The maximum atomic E-state index is 5.79. The van der Waals surface area contributed by atoms with Gasteiger partial charge in [-0.3, -0.25) is 0 Å². The largest absolute Gasteiger partial charge is 0.457 e. The first-order valence-corrected chi connectivity index (χ1v) is 9.16. The molecule has 0 saturated heterocycles. The lowest BCUT2D eigenvalue weighted by molar-refractivity contribution is 0.483. The zero-order valence-electron chi connectivity index (χ0n) is 14.8. The molecule has 0 aliphatic carbocycles. The fraction of sp³-hybridized carbons (Fsp3) is 0.429. The number of ether oxygens (including phenoxy) is 1. The van der Waals surface area contributed by atoms with E-state index in [4.69, 9.17) is 4.74 Å². The van der Waals surface area contributed by atoms with E-state index in [9.17, 15) is 0 Å². The summed E-state index contributed by atoms with van der Waals surface area (Å²) < 4.78 is 5.79. The van der Waals surface area contributed by atoms with Gasteiger partial charge in [0.05, 0.1) is 0 Å². The summed E-state index contributed by atoms with van der Waals surface area (Å²) in [6.07, 6.45) is 6.68. The fourth-order valence-corrected chi connectivity index (χ4v) is 2.54. The summed E-state index contributed by atoms with van der Waals surface area (Å²) in [5, 5.41) is 6.92. The highest BCUT2D eigenvalue weighted by molar-refractivity contribution is 5.47. The van der Waals surface area contributed by atoms with E-state index in [1.807, 2.05) is 42.5 Å². The molecule has 24 heavy (non-hydrogen) atoms. The number of rotatable bonds is 12. The fourth-order valence-electron chi connectivity index (χ4n) is 2.54. The first kappa shape index (κ1) is 18.3. The van der Waals surface area contributed by atoms with Crippen molar-refractivity contribution in [3.05, 3.63) is 54.6 Å². The molecule has 0 fully saturated rings. The van der Waals surface area contributed by atoms with Crippen molar-refractivity contribution in [1.29, 1.82) is 0 Å². The summed E-state index contributed by atoms with van der Waals surface area (Å²) in [5.41, 5.74) is 1.13. The van der Waals surface area contributed by atoms with Gasteiger partial charge < -0.3 is 15.4 Å². The highest BCUT2D eigenvalue weighted by Gasteiger charge is 1.97. The quantitative estimate of drug-likeness (QED) is 0.509. The minimum atomic E-state index is 0.858. The zero-order chi connectivity index (χ0) is 16.9. The Hall–Kier alpha value is -2.00. The number of anilines is 1. The molecule has 2 N–H and O–H groups in total. The Labute approximate surface area is 146 Å². The van der Waals surface area contributed by atoms with Gasteiger partial charge in [0.15, 0.2) is 0 Å². The molecule has 2 rings (SSSR count).